The molecule has 2 aromatic carbocycles. The molecule has 2 unspecified atom stereocenters. The topological polar surface area (TPSA) is 144 Å². The van der Waals surface area contributed by atoms with Crippen LogP contribution in [0.1, 0.15) is 34.0 Å². The molecule has 0 radical (unpaired) electrons. The lowest BCUT2D eigenvalue weighted by Crippen LogP contribution is -2.41. The van der Waals surface area contributed by atoms with E-state index in [1.54, 1.807) is 0 Å². The number of aliphatic carboxylic acids is 1. The number of nitrogens with zero attached hydrogens (tertiary/aromatic N) is 3. The first kappa shape index (κ1) is 22.5. The van der Waals surface area contributed by atoms with Gasteiger partial charge in [-0.15, -0.1) is 0 Å². The molecule has 0 bridgehead atoms. The predicted octanol–water partition coefficient (Wildman–Crippen LogP) is 2.74. The van der Waals surface area contributed by atoms with Crippen LogP contribution in [0.4, 0.5) is 10.6 Å². The Bertz CT molecular complexity index is 1240. The molecule has 3 aromatic rings. The van der Waals surface area contributed by atoms with Crippen LogP contribution in [-0.4, -0.2) is 70.7 Å². The molecule has 0 saturated carbocycles. The zero-order valence-electron chi connectivity index (χ0n) is 18.7. The SMILES string of the molecule is COC1CC(C(=O)O)N(C(=O)c2nonc2NC(=O)OCC2c3ccccc3-c3ccccc32)C1. The van der Waals surface area contributed by atoms with Gasteiger partial charge in [0.15, 0.2) is 0 Å². The third-order valence-electron chi connectivity index (χ3n) is 6.40. The Morgan fingerprint density at radius 2 is 1.74 bits per heavy atom. The largest absolute Gasteiger partial charge is 0.480 e. The van der Waals surface area contributed by atoms with Crippen LogP contribution < -0.4 is 5.32 Å². The number of anilines is 1. The van der Waals surface area contributed by atoms with Crippen molar-refractivity contribution >= 4 is 23.8 Å². The van der Waals surface area contributed by atoms with Crippen molar-refractivity contribution in [2.75, 3.05) is 25.6 Å². The monoisotopic (exact) mass is 478 g/mol. The summed E-state index contributed by atoms with van der Waals surface area (Å²) in [6.45, 7) is 0.126. The first-order valence-corrected chi connectivity index (χ1v) is 11.0. The fourth-order valence-corrected chi connectivity index (χ4v) is 4.70. The summed E-state index contributed by atoms with van der Waals surface area (Å²) < 4.78 is 15.3. The van der Waals surface area contributed by atoms with Crippen molar-refractivity contribution in [3.05, 3.63) is 65.4 Å². The number of hydrogen-bond donors (Lipinski definition) is 2. The fraction of sp³-hybridized carbons (Fsp3) is 0.292. The van der Waals surface area contributed by atoms with Gasteiger partial charge in [0, 0.05) is 26.0 Å². The zero-order chi connectivity index (χ0) is 24.5. The van der Waals surface area contributed by atoms with Gasteiger partial charge in [0.25, 0.3) is 5.91 Å². The average molecular weight is 478 g/mol. The van der Waals surface area contributed by atoms with Gasteiger partial charge >= 0.3 is 12.1 Å². The summed E-state index contributed by atoms with van der Waals surface area (Å²) in [7, 11) is 1.44. The Morgan fingerprint density at radius 1 is 1.09 bits per heavy atom. The number of nitrogens with one attached hydrogen (secondary N) is 1. The Labute approximate surface area is 199 Å². The number of fused-ring (bicyclic) bond motifs is 3. The lowest BCUT2D eigenvalue weighted by molar-refractivity contribution is -0.141. The van der Waals surface area contributed by atoms with E-state index < -0.39 is 30.1 Å². The Kier molecular flexibility index (Phi) is 5.91. The molecule has 2 aliphatic rings. The molecule has 11 heteroatoms. The molecule has 5 rings (SSSR count). The third-order valence-corrected chi connectivity index (χ3v) is 6.40. The smallest absolute Gasteiger partial charge is 0.412 e. The number of likely N-dealkylation sites (tertiary alicyclic amines) is 1. The van der Waals surface area contributed by atoms with Crippen molar-refractivity contribution in [1.29, 1.82) is 0 Å². The number of rotatable bonds is 6. The van der Waals surface area contributed by atoms with E-state index in [1.807, 2.05) is 48.5 Å². The molecule has 1 aliphatic heterocycles. The number of carboxylic acids is 1. The van der Waals surface area contributed by atoms with E-state index in [4.69, 9.17) is 9.47 Å². The summed E-state index contributed by atoms with van der Waals surface area (Å²) in [5.41, 5.74) is 3.99. The summed E-state index contributed by atoms with van der Waals surface area (Å²) in [5, 5.41) is 19.0. The van der Waals surface area contributed by atoms with E-state index >= 15 is 0 Å². The van der Waals surface area contributed by atoms with Crippen LogP contribution in [-0.2, 0) is 14.3 Å². The number of carbonyl (C=O) groups is 3. The summed E-state index contributed by atoms with van der Waals surface area (Å²) >= 11 is 0. The highest BCUT2D eigenvalue weighted by atomic mass is 16.6. The maximum absolute atomic E-state index is 13.0. The highest BCUT2D eigenvalue weighted by molar-refractivity contribution is 6.01. The third kappa shape index (κ3) is 4.10. The van der Waals surface area contributed by atoms with Crippen LogP contribution in [0.3, 0.4) is 0 Å². The number of methoxy groups -OCH3 is 1. The summed E-state index contributed by atoms with van der Waals surface area (Å²) in [6, 6.07) is 14.8. The van der Waals surface area contributed by atoms with Crippen molar-refractivity contribution in [2.45, 2.75) is 24.5 Å². The maximum Gasteiger partial charge on any atom is 0.412 e. The molecule has 11 nitrogen and oxygen atoms in total. The van der Waals surface area contributed by atoms with Crippen LogP contribution >= 0.6 is 0 Å². The summed E-state index contributed by atoms with van der Waals surface area (Å²) in [5.74, 6) is -2.30. The molecule has 2 atom stereocenters. The van der Waals surface area contributed by atoms with E-state index in [0.29, 0.717) is 0 Å². The van der Waals surface area contributed by atoms with Crippen molar-refractivity contribution < 1.29 is 33.6 Å². The van der Waals surface area contributed by atoms with Crippen LogP contribution in [0.25, 0.3) is 11.1 Å². The van der Waals surface area contributed by atoms with Crippen molar-refractivity contribution in [3.63, 3.8) is 0 Å². The minimum absolute atomic E-state index is 0.0591. The van der Waals surface area contributed by atoms with Gasteiger partial charge in [-0.2, -0.15) is 0 Å². The number of carbonyl (C=O) groups excluding carboxylic acids is 2. The molecule has 2 amide bonds. The lowest BCUT2D eigenvalue weighted by atomic mass is 9.98. The van der Waals surface area contributed by atoms with Gasteiger partial charge in [0.05, 0.1) is 6.10 Å². The molecular formula is C24H22N4O7. The van der Waals surface area contributed by atoms with E-state index in [9.17, 15) is 19.5 Å². The van der Waals surface area contributed by atoms with Gasteiger partial charge in [-0.25, -0.2) is 14.2 Å². The standard InChI is InChI=1S/C24H22N4O7/c1-33-13-10-19(23(30)31)28(11-13)22(29)20-21(27-35-26-20)25-24(32)34-12-18-16-8-4-2-6-14(16)15-7-3-5-9-17(15)18/h2-9,13,18-19H,10-12H2,1H3,(H,30,31)(H,25,27,32). The van der Waals surface area contributed by atoms with Gasteiger partial charge in [-0.3, -0.25) is 10.1 Å². The Balaban J connectivity index is 1.28. The number of amides is 2. The van der Waals surface area contributed by atoms with E-state index in [1.165, 1.54) is 7.11 Å². The molecule has 0 spiro atoms. The number of aromatic nitrogens is 2. The quantitative estimate of drug-likeness (QED) is 0.546. The van der Waals surface area contributed by atoms with Crippen molar-refractivity contribution in [2.24, 2.45) is 0 Å². The second kappa shape index (κ2) is 9.18. The highest BCUT2D eigenvalue weighted by Gasteiger charge is 2.42. The van der Waals surface area contributed by atoms with Crippen LogP contribution in [0.2, 0.25) is 0 Å². The second-order valence-corrected chi connectivity index (χ2v) is 8.32. The van der Waals surface area contributed by atoms with E-state index in [0.717, 1.165) is 27.2 Å². The summed E-state index contributed by atoms with van der Waals surface area (Å²) in [6.07, 6.45) is -1.14. The highest BCUT2D eigenvalue weighted by Crippen LogP contribution is 2.44. The van der Waals surface area contributed by atoms with Crippen LogP contribution in [0.15, 0.2) is 53.2 Å². The number of ether oxygens (including phenoxy) is 2. The first-order chi connectivity index (χ1) is 17.0. The molecule has 2 heterocycles. The van der Waals surface area contributed by atoms with E-state index in [2.05, 4.69) is 20.3 Å². The number of carboxylic acid groups (broad SMARTS) is 1. The molecule has 1 aliphatic carbocycles. The number of benzene rings is 2. The first-order valence-electron chi connectivity index (χ1n) is 11.0. The zero-order valence-corrected chi connectivity index (χ0v) is 18.7. The van der Waals surface area contributed by atoms with Gasteiger partial charge in [0.1, 0.15) is 12.6 Å². The molecular weight excluding hydrogens is 456 g/mol. The molecule has 2 N–H and O–H groups in total. The van der Waals surface area contributed by atoms with Gasteiger partial charge < -0.3 is 19.5 Å². The maximum atomic E-state index is 13.0. The second-order valence-electron chi connectivity index (χ2n) is 8.32. The van der Waals surface area contributed by atoms with Crippen LogP contribution in [0, 0.1) is 0 Å². The molecule has 35 heavy (non-hydrogen) atoms. The normalized spacial score (nSPS) is 18.7. The minimum atomic E-state index is -1.17. The Hall–Kier alpha value is -4.25. The van der Waals surface area contributed by atoms with Crippen LogP contribution in [0.5, 0.6) is 0 Å². The number of hydrogen-bond acceptors (Lipinski definition) is 8. The van der Waals surface area contributed by atoms with Crippen molar-refractivity contribution in [3.8, 4) is 11.1 Å². The molecule has 1 aromatic heterocycles. The van der Waals surface area contributed by atoms with Gasteiger partial charge in [0.2, 0.25) is 11.5 Å². The fourth-order valence-electron chi connectivity index (χ4n) is 4.70. The van der Waals surface area contributed by atoms with E-state index in [-0.39, 0.29) is 37.0 Å². The lowest BCUT2D eigenvalue weighted by Gasteiger charge is -2.20. The van der Waals surface area contributed by atoms with Gasteiger partial charge in [-0.1, -0.05) is 48.5 Å². The molecule has 1 fully saturated rings. The average Bonchev–Trinajstić information content (AvgIpc) is 3.58. The molecule has 1 saturated heterocycles. The molecule has 180 valence electrons. The Morgan fingerprint density at radius 3 is 2.37 bits per heavy atom. The van der Waals surface area contributed by atoms with Crippen molar-refractivity contribution in [1.82, 2.24) is 15.2 Å². The van der Waals surface area contributed by atoms with Gasteiger partial charge in [-0.05, 0) is 32.6 Å². The minimum Gasteiger partial charge on any atom is -0.480 e. The summed E-state index contributed by atoms with van der Waals surface area (Å²) in [4.78, 5) is 38.3. The predicted molar refractivity (Wildman–Crippen MR) is 121 cm³/mol.